The molecule has 1 fully saturated rings. The molecule has 3 aromatic carbocycles. The molecule has 1 aliphatic rings. The van der Waals surface area contributed by atoms with E-state index in [1.807, 2.05) is 0 Å². The third-order valence-corrected chi connectivity index (χ3v) is 7.88. The zero-order valence-electron chi connectivity index (χ0n) is 18.5. The number of hydrogen-bond acceptors (Lipinski definition) is 0. The highest BCUT2D eigenvalue weighted by Gasteiger charge is 2.26. The second kappa shape index (κ2) is 5.97. The van der Waals surface area contributed by atoms with Crippen LogP contribution in [0.3, 0.4) is 0 Å². The SMILES string of the molecule is Cc1cc(C)c2c3c1c1ccccc1n3c1cc(C3CCCC3)cc3cc[n+](C)c2c31. The van der Waals surface area contributed by atoms with Crippen molar-refractivity contribution in [3.8, 4) is 0 Å². The van der Waals surface area contributed by atoms with Crippen LogP contribution in [0.2, 0.25) is 0 Å². The highest BCUT2D eigenvalue weighted by atomic mass is 15.0. The van der Waals surface area contributed by atoms with Gasteiger partial charge in [0.2, 0.25) is 5.52 Å². The van der Waals surface area contributed by atoms with Crippen molar-refractivity contribution in [3.05, 3.63) is 71.4 Å². The van der Waals surface area contributed by atoms with E-state index in [4.69, 9.17) is 0 Å². The number of aromatic nitrogens is 2. The molecule has 6 aromatic rings. The Balaban J connectivity index is 1.85. The van der Waals surface area contributed by atoms with E-state index in [2.05, 4.69) is 84.6 Å². The number of aryl methyl sites for hydroxylation is 3. The molecule has 0 N–H and O–H groups in total. The predicted molar refractivity (Wildman–Crippen MR) is 130 cm³/mol. The topological polar surface area (TPSA) is 8.29 Å². The van der Waals surface area contributed by atoms with Gasteiger partial charge >= 0.3 is 0 Å². The largest absolute Gasteiger partial charge is 0.307 e. The summed E-state index contributed by atoms with van der Waals surface area (Å²) in [5, 5.41) is 6.94. The minimum Gasteiger partial charge on any atom is -0.307 e. The molecule has 1 aliphatic carbocycles. The van der Waals surface area contributed by atoms with Crippen molar-refractivity contribution >= 4 is 49.0 Å². The van der Waals surface area contributed by atoms with Crippen LogP contribution in [0.15, 0.2) is 54.7 Å². The van der Waals surface area contributed by atoms with E-state index in [0.29, 0.717) is 5.92 Å². The summed E-state index contributed by atoms with van der Waals surface area (Å²) < 4.78 is 4.91. The van der Waals surface area contributed by atoms with E-state index in [9.17, 15) is 0 Å². The molecule has 2 heteroatoms. The maximum Gasteiger partial charge on any atom is 0.224 e. The van der Waals surface area contributed by atoms with Crippen LogP contribution >= 0.6 is 0 Å². The van der Waals surface area contributed by atoms with Gasteiger partial charge in [-0.15, -0.1) is 0 Å². The second-order valence-electron chi connectivity index (χ2n) is 9.72. The maximum atomic E-state index is 2.58. The fraction of sp³-hybridized carbons (Fsp3) is 0.276. The first-order valence-corrected chi connectivity index (χ1v) is 11.6. The number of fused-ring (bicyclic) bond motifs is 5. The van der Waals surface area contributed by atoms with Gasteiger partial charge in [0, 0.05) is 16.8 Å². The molecule has 0 unspecified atom stereocenters. The average molecular weight is 404 g/mol. The Morgan fingerprint density at radius 2 is 1.61 bits per heavy atom. The minimum atomic E-state index is 0.705. The predicted octanol–water partition coefficient (Wildman–Crippen LogP) is 7.09. The lowest BCUT2D eigenvalue weighted by molar-refractivity contribution is -0.643. The van der Waals surface area contributed by atoms with E-state index >= 15 is 0 Å². The molecule has 3 heterocycles. The van der Waals surface area contributed by atoms with E-state index in [-0.39, 0.29) is 0 Å². The van der Waals surface area contributed by atoms with Crippen LogP contribution in [-0.4, -0.2) is 4.40 Å². The smallest absolute Gasteiger partial charge is 0.224 e. The van der Waals surface area contributed by atoms with Crippen molar-refractivity contribution in [2.45, 2.75) is 45.4 Å². The van der Waals surface area contributed by atoms with Crippen molar-refractivity contribution < 1.29 is 4.57 Å². The summed E-state index contributed by atoms with van der Waals surface area (Å²) in [6, 6.07) is 18.7. The zero-order chi connectivity index (χ0) is 20.9. The molecule has 3 aromatic heterocycles. The molecule has 0 saturated heterocycles. The summed E-state index contributed by atoms with van der Waals surface area (Å²) in [4.78, 5) is 0. The van der Waals surface area contributed by atoms with Gasteiger partial charge in [0.1, 0.15) is 7.05 Å². The van der Waals surface area contributed by atoms with E-state index in [1.165, 1.54) is 91.4 Å². The molecule has 31 heavy (non-hydrogen) atoms. The molecule has 0 spiro atoms. The van der Waals surface area contributed by atoms with Gasteiger partial charge in [0.05, 0.1) is 27.3 Å². The molecule has 0 bridgehead atoms. The summed E-state index contributed by atoms with van der Waals surface area (Å²) in [5.41, 5.74) is 9.71. The first-order valence-electron chi connectivity index (χ1n) is 11.6. The van der Waals surface area contributed by atoms with Gasteiger partial charge in [-0.2, -0.15) is 0 Å². The molecule has 0 radical (unpaired) electrons. The lowest BCUT2D eigenvalue weighted by atomic mass is 9.92. The molecule has 152 valence electrons. The van der Waals surface area contributed by atoms with Crippen LogP contribution in [0.1, 0.15) is 48.3 Å². The standard InChI is InChI=1S/C29H27N2/c1-17-14-18(2)26-28-27-20(12-13-30(28)3)15-21(19-8-4-5-9-19)16-24(27)31-23-11-7-6-10-22(23)25(17)29(26)31/h6-7,10-16,19H,4-5,8-9H2,1-3H3/q+1. The summed E-state index contributed by atoms with van der Waals surface area (Å²) in [6.07, 6.45) is 7.64. The van der Waals surface area contributed by atoms with Crippen LogP contribution in [-0.2, 0) is 7.05 Å². The van der Waals surface area contributed by atoms with Crippen molar-refractivity contribution in [1.29, 1.82) is 0 Å². The van der Waals surface area contributed by atoms with Crippen molar-refractivity contribution in [3.63, 3.8) is 0 Å². The number of nitrogens with zero attached hydrogens (tertiary/aromatic N) is 2. The zero-order valence-corrected chi connectivity index (χ0v) is 18.5. The molecule has 2 nitrogen and oxygen atoms in total. The third kappa shape index (κ3) is 2.15. The summed E-state index contributed by atoms with van der Waals surface area (Å²) >= 11 is 0. The number of benzene rings is 3. The van der Waals surface area contributed by atoms with E-state index in [1.54, 1.807) is 0 Å². The van der Waals surface area contributed by atoms with Crippen LogP contribution in [0, 0.1) is 13.8 Å². The van der Waals surface area contributed by atoms with E-state index < -0.39 is 0 Å². The number of pyridine rings is 2. The molecular formula is C29H27N2+. The number of para-hydroxylation sites is 1. The molecule has 1 saturated carbocycles. The molecular weight excluding hydrogens is 376 g/mol. The Hall–Kier alpha value is -3.13. The first kappa shape index (κ1) is 17.5. The third-order valence-electron chi connectivity index (χ3n) is 7.88. The Bertz CT molecular complexity index is 1660. The van der Waals surface area contributed by atoms with Gasteiger partial charge in [-0.3, -0.25) is 0 Å². The second-order valence-corrected chi connectivity index (χ2v) is 9.72. The Morgan fingerprint density at radius 1 is 0.839 bits per heavy atom. The average Bonchev–Trinajstić information content (AvgIpc) is 3.41. The van der Waals surface area contributed by atoms with E-state index in [0.717, 1.165) is 0 Å². The van der Waals surface area contributed by atoms with Crippen molar-refractivity contribution in [1.82, 2.24) is 4.40 Å². The quantitative estimate of drug-likeness (QED) is 0.157. The monoisotopic (exact) mass is 403 g/mol. The Kier molecular flexibility index (Phi) is 3.38. The minimum absolute atomic E-state index is 0.705. The number of rotatable bonds is 1. The highest BCUT2D eigenvalue weighted by molar-refractivity contribution is 6.26. The lowest BCUT2D eigenvalue weighted by Crippen LogP contribution is -2.29. The van der Waals surface area contributed by atoms with Gasteiger partial charge in [-0.05, 0) is 66.8 Å². The van der Waals surface area contributed by atoms with Gasteiger partial charge in [0.25, 0.3) is 0 Å². The van der Waals surface area contributed by atoms with Gasteiger partial charge in [0.15, 0.2) is 6.20 Å². The summed E-state index contributed by atoms with van der Waals surface area (Å²) in [7, 11) is 2.20. The van der Waals surface area contributed by atoms with Gasteiger partial charge in [-0.25, -0.2) is 4.57 Å². The Labute approximate surface area is 182 Å². The first-order chi connectivity index (χ1) is 15.1. The number of hydrogen-bond donors (Lipinski definition) is 0. The van der Waals surface area contributed by atoms with Crippen LogP contribution in [0.25, 0.3) is 49.0 Å². The lowest BCUT2D eigenvalue weighted by Gasteiger charge is -2.17. The molecule has 0 atom stereocenters. The van der Waals surface area contributed by atoms with Crippen molar-refractivity contribution in [2.75, 3.05) is 0 Å². The fourth-order valence-corrected chi connectivity index (χ4v) is 6.56. The normalized spacial score (nSPS) is 15.6. The van der Waals surface area contributed by atoms with Gasteiger partial charge in [-0.1, -0.05) is 43.2 Å². The highest BCUT2D eigenvalue weighted by Crippen LogP contribution is 2.44. The summed E-state index contributed by atoms with van der Waals surface area (Å²) in [5.74, 6) is 0.705. The fourth-order valence-electron chi connectivity index (χ4n) is 6.56. The molecule has 0 aliphatic heterocycles. The maximum absolute atomic E-state index is 2.58. The molecule has 7 rings (SSSR count). The van der Waals surface area contributed by atoms with Crippen molar-refractivity contribution in [2.24, 2.45) is 7.05 Å². The van der Waals surface area contributed by atoms with Gasteiger partial charge < -0.3 is 4.40 Å². The molecule has 0 amide bonds. The van der Waals surface area contributed by atoms with Crippen LogP contribution in [0.4, 0.5) is 0 Å². The van der Waals surface area contributed by atoms with Crippen LogP contribution < -0.4 is 4.57 Å². The van der Waals surface area contributed by atoms with Crippen LogP contribution in [0.5, 0.6) is 0 Å². The Morgan fingerprint density at radius 3 is 2.45 bits per heavy atom. The summed E-state index contributed by atoms with van der Waals surface area (Å²) in [6.45, 7) is 4.55.